The van der Waals surface area contributed by atoms with E-state index >= 15 is 0 Å². The predicted octanol–water partition coefficient (Wildman–Crippen LogP) is 2.90. The first-order valence-electron chi connectivity index (χ1n) is 5.81. The molecule has 1 aromatic carbocycles. The average molecular weight is 251 g/mol. The number of benzene rings is 1. The second-order valence-corrected chi connectivity index (χ2v) is 3.76. The van der Waals surface area contributed by atoms with Crippen LogP contribution in [0.3, 0.4) is 0 Å². The molecule has 0 N–H and O–H groups in total. The minimum atomic E-state index is -0.0220. The summed E-state index contributed by atoms with van der Waals surface area (Å²) in [4.78, 5) is 12.2. The summed E-state index contributed by atoms with van der Waals surface area (Å²) in [6, 6.07) is 3.43. The van der Waals surface area contributed by atoms with Crippen molar-refractivity contribution in [3.63, 3.8) is 0 Å². The molecule has 0 amide bonds. The average Bonchev–Trinajstić information content (AvgIpc) is 2.42. The third-order valence-corrected chi connectivity index (χ3v) is 2.66. The molecule has 18 heavy (non-hydrogen) atoms. The van der Waals surface area contributed by atoms with Crippen LogP contribution >= 0.6 is 0 Å². The number of rotatable bonds is 7. The Morgan fingerprint density at radius 3 is 2.22 bits per heavy atom. The molecule has 1 aromatic rings. The van der Waals surface area contributed by atoms with Gasteiger partial charge in [-0.1, -0.05) is 13.3 Å². The van der Waals surface area contributed by atoms with Gasteiger partial charge in [-0.3, -0.25) is 4.79 Å². The molecule has 0 heterocycles. The fraction of sp³-hybridized carbons (Fsp3) is 0.429. The van der Waals surface area contributed by atoms with E-state index in [-0.39, 0.29) is 5.78 Å². The minimum absolute atomic E-state index is 0.0220. The molecule has 0 bridgehead atoms. The van der Waals surface area contributed by atoms with E-state index in [4.69, 9.17) is 14.2 Å². The molecule has 0 aliphatic heterocycles. The minimum Gasteiger partial charge on any atom is -0.496 e. The molecular weight excluding hydrogens is 232 g/mol. The smallest absolute Gasteiger partial charge is 0.175 e. The van der Waals surface area contributed by atoms with E-state index in [1.165, 1.54) is 21.3 Å². The van der Waals surface area contributed by atoms with E-state index < -0.39 is 0 Å². The molecule has 0 saturated carbocycles. The van der Waals surface area contributed by atoms with Gasteiger partial charge >= 0.3 is 0 Å². The number of carbonyl (C=O) groups is 1. The van der Waals surface area contributed by atoms with Crippen LogP contribution < -0.4 is 14.2 Å². The van der Waals surface area contributed by atoms with Gasteiger partial charge in [0, 0.05) is 6.42 Å². The molecule has 0 aliphatic rings. The molecule has 1 radical (unpaired) electrons. The fourth-order valence-electron chi connectivity index (χ4n) is 1.75. The van der Waals surface area contributed by atoms with E-state index in [0.29, 0.717) is 29.2 Å². The second kappa shape index (κ2) is 6.89. The molecule has 0 aromatic heterocycles. The van der Waals surface area contributed by atoms with Crippen LogP contribution in [-0.4, -0.2) is 27.1 Å². The summed E-state index contributed by atoms with van der Waals surface area (Å²) >= 11 is 0. The van der Waals surface area contributed by atoms with Gasteiger partial charge in [0.2, 0.25) is 0 Å². The number of ketones is 1. The Morgan fingerprint density at radius 1 is 1.11 bits per heavy atom. The Bertz CT molecular complexity index is 413. The molecule has 0 unspecified atom stereocenters. The van der Waals surface area contributed by atoms with Crippen LogP contribution in [0.5, 0.6) is 17.2 Å². The van der Waals surface area contributed by atoms with Crippen LogP contribution in [0.15, 0.2) is 12.1 Å². The van der Waals surface area contributed by atoms with Crippen LogP contribution in [0.2, 0.25) is 0 Å². The Balaban J connectivity index is 3.23. The van der Waals surface area contributed by atoms with Crippen molar-refractivity contribution in [3.8, 4) is 17.2 Å². The molecular formula is C14H19O4. The van der Waals surface area contributed by atoms with Crippen LogP contribution in [-0.2, 0) is 0 Å². The zero-order chi connectivity index (χ0) is 13.5. The highest BCUT2D eigenvalue weighted by Gasteiger charge is 2.21. The number of hydrogen-bond acceptors (Lipinski definition) is 4. The van der Waals surface area contributed by atoms with Crippen molar-refractivity contribution in [1.82, 2.24) is 0 Å². The lowest BCUT2D eigenvalue weighted by molar-refractivity contribution is 0.0973. The third-order valence-electron chi connectivity index (χ3n) is 2.66. The zero-order valence-electron chi connectivity index (χ0n) is 11.1. The summed E-state index contributed by atoms with van der Waals surface area (Å²) in [6.07, 6.45) is 1.88. The van der Waals surface area contributed by atoms with Crippen molar-refractivity contribution in [3.05, 3.63) is 24.6 Å². The SMILES string of the molecule is [CH2]CCCC(=O)c1c(OC)ccc(OC)c1OC. The normalized spacial score (nSPS) is 10.0. The van der Waals surface area contributed by atoms with Crippen LogP contribution in [0.25, 0.3) is 0 Å². The maximum absolute atomic E-state index is 12.2. The number of carbonyl (C=O) groups excluding carboxylic acids is 1. The Labute approximate surface area is 108 Å². The standard InChI is InChI=1S/C14H19O4/c1-5-6-7-10(15)13-11(16-2)8-9-12(17-3)14(13)18-4/h8-9H,1,5-7H2,2-4H3. The lowest BCUT2D eigenvalue weighted by Crippen LogP contribution is -2.06. The maximum atomic E-state index is 12.2. The zero-order valence-corrected chi connectivity index (χ0v) is 11.1. The van der Waals surface area contributed by atoms with Crippen molar-refractivity contribution < 1.29 is 19.0 Å². The highest BCUT2D eigenvalue weighted by molar-refractivity contribution is 6.02. The van der Waals surface area contributed by atoms with E-state index in [0.717, 1.165) is 12.8 Å². The van der Waals surface area contributed by atoms with Gasteiger partial charge in [0.25, 0.3) is 0 Å². The van der Waals surface area contributed by atoms with Gasteiger partial charge in [0.1, 0.15) is 11.3 Å². The highest BCUT2D eigenvalue weighted by Crippen LogP contribution is 2.38. The molecule has 0 spiro atoms. The molecule has 0 saturated heterocycles. The van der Waals surface area contributed by atoms with Gasteiger partial charge in [-0.25, -0.2) is 0 Å². The van der Waals surface area contributed by atoms with Crippen molar-refractivity contribution in [2.24, 2.45) is 0 Å². The molecule has 0 atom stereocenters. The highest BCUT2D eigenvalue weighted by atomic mass is 16.5. The second-order valence-electron chi connectivity index (χ2n) is 3.76. The number of methoxy groups -OCH3 is 3. The summed E-state index contributed by atoms with van der Waals surface area (Å²) < 4.78 is 15.7. The first kappa shape index (κ1) is 14.4. The number of ether oxygens (including phenoxy) is 3. The lowest BCUT2D eigenvalue weighted by atomic mass is 10.0. The monoisotopic (exact) mass is 251 g/mol. The van der Waals surface area contributed by atoms with E-state index in [2.05, 4.69) is 6.92 Å². The van der Waals surface area contributed by atoms with Gasteiger partial charge < -0.3 is 14.2 Å². The Hall–Kier alpha value is -1.71. The third kappa shape index (κ3) is 2.94. The summed E-state index contributed by atoms with van der Waals surface area (Å²) in [5, 5.41) is 0. The van der Waals surface area contributed by atoms with Gasteiger partial charge in [0.15, 0.2) is 17.3 Å². The largest absolute Gasteiger partial charge is 0.496 e. The first-order chi connectivity index (χ1) is 8.69. The van der Waals surface area contributed by atoms with Crippen molar-refractivity contribution in [2.75, 3.05) is 21.3 Å². The first-order valence-corrected chi connectivity index (χ1v) is 5.81. The molecule has 4 nitrogen and oxygen atoms in total. The summed E-state index contributed by atoms with van der Waals surface area (Å²) in [6.45, 7) is 3.73. The molecule has 4 heteroatoms. The summed E-state index contributed by atoms with van der Waals surface area (Å²) in [7, 11) is 4.57. The van der Waals surface area contributed by atoms with Gasteiger partial charge in [-0.2, -0.15) is 0 Å². The molecule has 0 aliphatic carbocycles. The van der Waals surface area contributed by atoms with Crippen LogP contribution in [0, 0.1) is 6.92 Å². The van der Waals surface area contributed by atoms with E-state index in [1.807, 2.05) is 0 Å². The van der Waals surface area contributed by atoms with Gasteiger partial charge in [-0.15, -0.1) is 0 Å². The molecule has 0 fully saturated rings. The van der Waals surface area contributed by atoms with Crippen molar-refractivity contribution in [1.29, 1.82) is 0 Å². The van der Waals surface area contributed by atoms with Gasteiger partial charge in [0.05, 0.1) is 21.3 Å². The van der Waals surface area contributed by atoms with Crippen LogP contribution in [0.4, 0.5) is 0 Å². The summed E-state index contributed by atoms with van der Waals surface area (Å²) in [5.74, 6) is 1.43. The Kier molecular flexibility index (Phi) is 5.49. The number of unbranched alkanes of at least 4 members (excludes halogenated alkanes) is 1. The maximum Gasteiger partial charge on any atom is 0.175 e. The van der Waals surface area contributed by atoms with Gasteiger partial charge in [-0.05, 0) is 18.6 Å². The predicted molar refractivity (Wildman–Crippen MR) is 69.6 cm³/mol. The Morgan fingerprint density at radius 2 is 1.72 bits per heavy atom. The number of Topliss-reactive ketones (excluding diaryl/α,β-unsaturated/α-hetero) is 1. The van der Waals surface area contributed by atoms with E-state index in [9.17, 15) is 4.79 Å². The van der Waals surface area contributed by atoms with Crippen molar-refractivity contribution >= 4 is 5.78 Å². The molecule has 1 rings (SSSR count). The van der Waals surface area contributed by atoms with Crippen LogP contribution in [0.1, 0.15) is 29.6 Å². The lowest BCUT2D eigenvalue weighted by Gasteiger charge is -2.15. The van der Waals surface area contributed by atoms with Crippen molar-refractivity contribution in [2.45, 2.75) is 19.3 Å². The van der Waals surface area contributed by atoms with E-state index in [1.54, 1.807) is 12.1 Å². The molecule has 99 valence electrons. The topological polar surface area (TPSA) is 44.8 Å². The summed E-state index contributed by atoms with van der Waals surface area (Å²) in [5.41, 5.74) is 0.438. The number of hydrogen-bond donors (Lipinski definition) is 0. The fourth-order valence-corrected chi connectivity index (χ4v) is 1.75. The quantitative estimate of drug-likeness (QED) is 0.699.